The van der Waals surface area contributed by atoms with Crippen LogP contribution < -0.4 is 5.32 Å². The molecule has 0 fully saturated rings. The Morgan fingerprint density at radius 2 is 0.692 bits per heavy atom. The maximum atomic E-state index is 12.4. The smallest absolute Gasteiger partial charge is 0.220 e. The predicted molar refractivity (Wildman–Crippen MR) is 289 cm³/mol. The molecule has 65 heavy (non-hydrogen) atoms. The topological polar surface area (TPSA) is 69.6 Å². The standard InChI is InChI=1S/C61H97NO3/c1-3-5-7-9-11-13-15-17-19-20-21-22-23-24-25-26-27-28-29-30-31-32-33-34-35-36-37-38-39-40-41-42-43-45-47-49-51-53-55-57-61(65)62-59(58-63)60(64)56-54-52-50-48-46-44-18-16-14-12-10-8-6-4-2/h5,7,11,13,17,19,21-22,24-25,27-28,30-31,33-34,36-37,39-40,42-43,46,48,54,56,59-60,63-64H,3-4,6,8-10,12,14-16,18,20,23,26,29,32,35,38,41,44-45,47,49-53,55,57-58H2,1-2H3,(H,62,65)/b7-5-,13-11-,19-17-,22-21-,25-24-,28-27-,31-30-,34-33-,37-36-,40-39-,43-42-,48-46+,56-54+. The van der Waals surface area contributed by atoms with E-state index in [4.69, 9.17) is 0 Å². The van der Waals surface area contributed by atoms with Crippen LogP contribution in [0.1, 0.15) is 200 Å². The first kappa shape index (κ1) is 61.0. The van der Waals surface area contributed by atoms with Crippen molar-refractivity contribution in [2.45, 2.75) is 212 Å². The SMILES string of the molecule is CC/C=C\C/C=C\C/C=C\C/C=C\C/C=C\C/C=C\C/C=C\C/C=C\C/C=C\C/C=C\C/C=C\CCCCCCCC(=O)NC(CO)C(O)/C=C/CC/C=C/CCCCCCCCCC. The molecule has 0 aliphatic carbocycles. The number of nitrogens with one attached hydrogen (secondary N) is 1. The maximum Gasteiger partial charge on any atom is 0.220 e. The number of unbranched alkanes of at least 4 members (excludes halogenated alkanes) is 14. The summed E-state index contributed by atoms with van der Waals surface area (Å²) < 4.78 is 0. The number of hydrogen-bond donors (Lipinski definition) is 3. The zero-order chi connectivity index (χ0) is 47.0. The van der Waals surface area contributed by atoms with Crippen LogP contribution >= 0.6 is 0 Å². The third-order valence-electron chi connectivity index (χ3n) is 10.7. The fourth-order valence-corrected chi connectivity index (χ4v) is 6.78. The zero-order valence-corrected chi connectivity index (χ0v) is 41.7. The Morgan fingerprint density at radius 3 is 1.08 bits per heavy atom. The Hall–Kier alpha value is -3.99. The molecule has 0 aliphatic rings. The van der Waals surface area contributed by atoms with Gasteiger partial charge in [-0.2, -0.15) is 0 Å². The van der Waals surface area contributed by atoms with E-state index in [1.807, 2.05) is 6.08 Å². The Morgan fingerprint density at radius 1 is 0.385 bits per heavy atom. The van der Waals surface area contributed by atoms with Gasteiger partial charge in [0.2, 0.25) is 5.91 Å². The summed E-state index contributed by atoms with van der Waals surface area (Å²) in [5.41, 5.74) is 0. The molecule has 0 spiro atoms. The van der Waals surface area contributed by atoms with Gasteiger partial charge < -0.3 is 15.5 Å². The first-order valence-corrected chi connectivity index (χ1v) is 26.2. The second-order valence-electron chi connectivity index (χ2n) is 16.8. The lowest BCUT2D eigenvalue weighted by Gasteiger charge is -2.19. The minimum absolute atomic E-state index is 0.101. The van der Waals surface area contributed by atoms with Crippen molar-refractivity contribution in [2.75, 3.05) is 6.61 Å². The van der Waals surface area contributed by atoms with Gasteiger partial charge >= 0.3 is 0 Å². The van der Waals surface area contributed by atoms with Crippen LogP contribution in [-0.4, -0.2) is 34.9 Å². The molecule has 0 rings (SSSR count). The van der Waals surface area contributed by atoms with Crippen molar-refractivity contribution in [3.8, 4) is 0 Å². The minimum Gasteiger partial charge on any atom is -0.394 e. The van der Waals surface area contributed by atoms with Crippen molar-refractivity contribution in [3.63, 3.8) is 0 Å². The molecule has 0 saturated heterocycles. The number of rotatable bonds is 45. The van der Waals surface area contributed by atoms with Crippen LogP contribution in [0.4, 0.5) is 0 Å². The van der Waals surface area contributed by atoms with Gasteiger partial charge in [-0.25, -0.2) is 0 Å². The van der Waals surface area contributed by atoms with Gasteiger partial charge in [-0.15, -0.1) is 0 Å². The minimum atomic E-state index is -0.881. The summed E-state index contributed by atoms with van der Waals surface area (Å²) >= 11 is 0. The first-order chi connectivity index (χ1) is 32.2. The molecule has 3 N–H and O–H groups in total. The van der Waals surface area contributed by atoms with E-state index in [-0.39, 0.29) is 12.5 Å². The highest BCUT2D eigenvalue weighted by molar-refractivity contribution is 5.76. The third kappa shape index (κ3) is 50.9. The molecule has 2 unspecified atom stereocenters. The molecule has 0 aromatic carbocycles. The van der Waals surface area contributed by atoms with Crippen LogP contribution in [0.15, 0.2) is 158 Å². The van der Waals surface area contributed by atoms with Crippen molar-refractivity contribution in [2.24, 2.45) is 0 Å². The van der Waals surface area contributed by atoms with Crippen molar-refractivity contribution < 1.29 is 15.0 Å². The van der Waals surface area contributed by atoms with Crippen LogP contribution in [0.2, 0.25) is 0 Å². The highest BCUT2D eigenvalue weighted by Gasteiger charge is 2.17. The molecule has 364 valence electrons. The van der Waals surface area contributed by atoms with Crippen molar-refractivity contribution in [3.05, 3.63) is 158 Å². The first-order valence-electron chi connectivity index (χ1n) is 26.2. The van der Waals surface area contributed by atoms with Gasteiger partial charge in [-0.05, 0) is 116 Å². The van der Waals surface area contributed by atoms with E-state index in [1.165, 1.54) is 64.2 Å². The van der Waals surface area contributed by atoms with Gasteiger partial charge in [0, 0.05) is 6.42 Å². The summed E-state index contributed by atoms with van der Waals surface area (Å²) in [6.07, 6.45) is 88.0. The number of aliphatic hydroxyl groups excluding tert-OH is 2. The lowest BCUT2D eigenvalue weighted by atomic mass is 10.1. The van der Waals surface area contributed by atoms with Gasteiger partial charge in [-0.1, -0.05) is 236 Å². The Kier molecular flexibility index (Phi) is 51.0. The van der Waals surface area contributed by atoms with E-state index in [1.54, 1.807) is 6.08 Å². The second kappa shape index (κ2) is 54.3. The Balaban J connectivity index is 3.73. The van der Waals surface area contributed by atoms with Crippen molar-refractivity contribution >= 4 is 5.91 Å². The Bertz CT molecular complexity index is 1430. The van der Waals surface area contributed by atoms with Crippen LogP contribution in [0, 0.1) is 0 Å². The normalized spacial score (nSPS) is 14.2. The zero-order valence-electron chi connectivity index (χ0n) is 41.7. The summed E-state index contributed by atoms with van der Waals surface area (Å²) in [7, 11) is 0. The third-order valence-corrected chi connectivity index (χ3v) is 10.7. The van der Waals surface area contributed by atoms with Crippen molar-refractivity contribution in [1.82, 2.24) is 5.32 Å². The van der Waals surface area contributed by atoms with E-state index < -0.39 is 12.1 Å². The molecule has 0 aromatic heterocycles. The molecule has 0 saturated carbocycles. The lowest BCUT2D eigenvalue weighted by Crippen LogP contribution is -2.45. The summed E-state index contributed by atoms with van der Waals surface area (Å²) in [6, 6.07) is -0.661. The molecule has 0 aliphatic heterocycles. The molecule has 0 radical (unpaired) electrons. The monoisotopic (exact) mass is 892 g/mol. The molecule has 0 bridgehead atoms. The number of aliphatic hydroxyl groups is 2. The number of carbonyl (C=O) groups excluding carboxylic acids is 1. The average molecular weight is 892 g/mol. The predicted octanol–water partition coefficient (Wildman–Crippen LogP) is 17.4. The van der Waals surface area contributed by atoms with Crippen LogP contribution in [-0.2, 0) is 4.79 Å². The summed E-state index contributed by atoms with van der Waals surface area (Å²) in [4.78, 5) is 12.4. The summed E-state index contributed by atoms with van der Waals surface area (Å²) in [6.45, 7) is 4.15. The van der Waals surface area contributed by atoms with Gasteiger partial charge in [0.05, 0.1) is 18.8 Å². The second-order valence-corrected chi connectivity index (χ2v) is 16.8. The maximum absolute atomic E-state index is 12.4. The van der Waals surface area contributed by atoms with E-state index >= 15 is 0 Å². The van der Waals surface area contributed by atoms with E-state index in [2.05, 4.69) is 165 Å². The van der Waals surface area contributed by atoms with Gasteiger partial charge in [0.1, 0.15) is 0 Å². The van der Waals surface area contributed by atoms with Crippen LogP contribution in [0.25, 0.3) is 0 Å². The summed E-state index contributed by atoms with van der Waals surface area (Å²) in [5, 5.41) is 23.0. The quantitative estimate of drug-likeness (QED) is 0.0421. The average Bonchev–Trinajstić information content (AvgIpc) is 3.31. The number of carbonyl (C=O) groups is 1. The van der Waals surface area contributed by atoms with Crippen molar-refractivity contribution in [1.29, 1.82) is 0 Å². The molecule has 4 nitrogen and oxygen atoms in total. The van der Waals surface area contributed by atoms with Gasteiger partial charge in [0.25, 0.3) is 0 Å². The summed E-state index contributed by atoms with van der Waals surface area (Å²) in [5.74, 6) is -0.101. The van der Waals surface area contributed by atoms with E-state index in [9.17, 15) is 15.0 Å². The van der Waals surface area contributed by atoms with Crippen LogP contribution in [0.5, 0.6) is 0 Å². The fourth-order valence-electron chi connectivity index (χ4n) is 6.78. The highest BCUT2D eigenvalue weighted by atomic mass is 16.3. The van der Waals surface area contributed by atoms with Crippen LogP contribution in [0.3, 0.4) is 0 Å². The largest absolute Gasteiger partial charge is 0.394 e. The molecule has 0 heterocycles. The van der Waals surface area contributed by atoms with Gasteiger partial charge in [0.15, 0.2) is 0 Å². The molecular formula is C61H97NO3. The Labute approximate surface area is 401 Å². The lowest BCUT2D eigenvalue weighted by molar-refractivity contribution is -0.123. The fraction of sp³-hybridized carbons (Fsp3) is 0.557. The molecular weight excluding hydrogens is 795 g/mol. The highest BCUT2D eigenvalue weighted by Crippen LogP contribution is 2.11. The molecule has 2 atom stereocenters. The van der Waals surface area contributed by atoms with E-state index in [0.717, 1.165) is 116 Å². The van der Waals surface area contributed by atoms with E-state index in [0.29, 0.717) is 6.42 Å². The van der Waals surface area contributed by atoms with Gasteiger partial charge in [-0.3, -0.25) is 4.79 Å². The molecule has 4 heteroatoms. The number of hydrogen-bond acceptors (Lipinski definition) is 3. The number of amides is 1. The number of allylic oxidation sites excluding steroid dienone is 25. The molecule has 1 amide bonds. The molecule has 0 aromatic rings.